The first-order valence-electron chi connectivity index (χ1n) is 10.9. The minimum atomic E-state index is -0.700. The number of aromatic nitrogens is 2. The normalized spacial score (nSPS) is 10.5. The molecule has 1 heterocycles. The summed E-state index contributed by atoms with van der Waals surface area (Å²) >= 11 is 0. The van der Waals surface area contributed by atoms with Crippen molar-refractivity contribution in [2.75, 3.05) is 49.4 Å². The minimum Gasteiger partial charge on any atom is -0.495 e. The molecule has 0 saturated carbocycles. The van der Waals surface area contributed by atoms with Crippen LogP contribution in [0, 0.1) is 11.6 Å². The van der Waals surface area contributed by atoms with Gasteiger partial charge in [-0.25, -0.2) is 18.7 Å². The smallest absolute Gasteiger partial charge is 0.247 e. The Morgan fingerprint density at radius 3 is 2.71 bits per heavy atom. The SMILES string of the molecule is C=CC(=O)Nc1cc(-c2nc(Nc3ccc(OC)c(N(C)CCOCC)c3)ncc2F)ccc1F. The van der Waals surface area contributed by atoms with Gasteiger partial charge >= 0.3 is 0 Å². The molecule has 3 aromatic rings. The average Bonchev–Trinajstić information content (AvgIpc) is 2.86. The molecule has 35 heavy (non-hydrogen) atoms. The fourth-order valence-electron chi connectivity index (χ4n) is 3.24. The number of rotatable bonds is 11. The Morgan fingerprint density at radius 1 is 1.20 bits per heavy atom. The van der Waals surface area contributed by atoms with E-state index in [1.807, 2.05) is 24.9 Å². The van der Waals surface area contributed by atoms with Gasteiger partial charge in [-0.05, 0) is 49.4 Å². The summed E-state index contributed by atoms with van der Waals surface area (Å²) in [5.41, 5.74) is 1.56. The van der Waals surface area contributed by atoms with Crippen molar-refractivity contribution in [1.82, 2.24) is 9.97 Å². The van der Waals surface area contributed by atoms with Crippen LogP contribution < -0.4 is 20.3 Å². The van der Waals surface area contributed by atoms with Crippen molar-refractivity contribution in [2.45, 2.75) is 6.92 Å². The Bertz CT molecular complexity index is 1210. The molecule has 2 aromatic carbocycles. The van der Waals surface area contributed by atoms with Crippen molar-refractivity contribution < 1.29 is 23.0 Å². The molecule has 0 spiro atoms. The lowest BCUT2D eigenvalue weighted by Crippen LogP contribution is -2.23. The number of nitrogens with one attached hydrogen (secondary N) is 2. The number of ether oxygens (including phenoxy) is 2. The van der Waals surface area contributed by atoms with Crippen LogP contribution in [0.15, 0.2) is 55.3 Å². The van der Waals surface area contributed by atoms with E-state index in [1.165, 1.54) is 12.1 Å². The maximum absolute atomic E-state index is 14.6. The largest absolute Gasteiger partial charge is 0.495 e. The summed E-state index contributed by atoms with van der Waals surface area (Å²) < 4.78 is 39.6. The summed E-state index contributed by atoms with van der Waals surface area (Å²) in [5.74, 6) is -1.15. The van der Waals surface area contributed by atoms with Crippen LogP contribution in [0.3, 0.4) is 0 Å². The third kappa shape index (κ3) is 6.51. The number of likely N-dealkylation sites (N-methyl/N-ethyl adjacent to an activating group) is 1. The van der Waals surface area contributed by atoms with Gasteiger partial charge in [0.2, 0.25) is 11.9 Å². The number of halogens is 2. The first kappa shape index (κ1) is 25.6. The number of amides is 1. The fraction of sp³-hybridized carbons (Fsp3) is 0.240. The van der Waals surface area contributed by atoms with Gasteiger partial charge in [0.1, 0.15) is 17.3 Å². The molecule has 0 aliphatic heterocycles. The molecule has 0 bridgehead atoms. The highest BCUT2D eigenvalue weighted by Crippen LogP contribution is 2.32. The predicted octanol–water partition coefficient (Wildman–Crippen LogP) is 4.77. The molecule has 2 N–H and O–H groups in total. The third-order valence-electron chi connectivity index (χ3n) is 5.05. The summed E-state index contributed by atoms with van der Waals surface area (Å²) in [6.07, 6.45) is 2.03. The molecule has 3 rings (SSSR count). The van der Waals surface area contributed by atoms with Gasteiger partial charge in [-0.2, -0.15) is 0 Å². The zero-order valence-electron chi connectivity index (χ0n) is 19.8. The Labute approximate surface area is 202 Å². The molecule has 0 aliphatic rings. The quantitative estimate of drug-likeness (QED) is 0.300. The number of benzene rings is 2. The molecule has 1 aromatic heterocycles. The number of carbonyl (C=O) groups excluding carboxylic acids is 1. The zero-order valence-corrected chi connectivity index (χ0v) is 19.8. The highest BCUT2D eigenvalue weighted by atomic mass is 19.1. The Kier molecular flexibility index (Phi) is 8.69. The van der Waals surface area contributed by atoms with Gasteiger partial charge in [0, 0.05) is 31.5 Å². The van der Waals surface area contributed by atoms with E-state index in [4.69, 9.17) is 9.47 Å². The minimum absolute atomic E-state index is 0.0563. The number of nitrogens with zero attached hydrogens (tertiary/aromatic N) is 3. The molecule has 0 fully saturated rings. The number of methoxy groups -OCH3 is 1. The molecule has 0 aliphatic carbocycles. The van der Waals surface area contributed by atoms with Gasteiger partial charge in [0.25, 0.3) is 0 Å². The maximum Gasteiger partial charge on any atom is 0.247 e. The maximum atomic E-state index is 14.6. The number of anilines is 4. The fourth-order valence-corrected chi connectivity index (χ4v) is 3.24. The summed E-state index contributed by atoms with van der Waals surface area (Å²) in [5, 5.41) is 5.41. The van der Waals surface area contributed by atoms with Crippen molar-refractivity contribution in [3.63, 3.8) is 0 Å². The predicted molar refractivity (Wildman–Crippen MR) is 132 cm³/mol. The first-order valence-corrected chi connectivity index (χ1v) is 10.9. The van der Waals surface area contributed by atoms with Crippen LogP contribution in [-0.2, 0) is 9.53 Å². The summed E-state index contributed by atoms with van der Waals surface area (Å²) in [6, 6.07) is 9.23. The van der Waals surface area contributed by atoms with Crippen molar-refractivity contribution in [3.8, 4) is 17.0 Å². The molecule has 10 heteroatoms. The standard InChI is InChI=1S/C25H27F2N5O3/c1-5-23(33)30-20-13-16(7-9-18(20)26)24-19(27)15-28-25(31-24)29-17-8-10-22(34-4)21(14-17)32(3)11-12-35-6-2/h5,7-10,13-15H,1,6,11-12H2,2-4H3,(H,30,33)(H,28,29,31). The number of hydrogen-bond donors (Lipinski definition) is 2. The van der Waals surface area contributed by atoms with Crippen LogP contribution in [0.5, 0.6) is 5.75 Å². The van der Waals surface area contributed by atoms with E-state index in [1.54, 1.807) is 19.2 Å². The van der Waals surface area contributed by atoms with Crippen molar-refractivity contribution in [1.29, 1.82) is 0 Å². The van der Waals surface area contributed by atoms with Gasteiger partial charge < -0.3 is 25.0 Å². The van der Waals surface area contributed by atoms with Crippen LogP contribution in [0.25, 0.3) is 11.3 Å². The second-order valence-electron chi connectivity index (χ2n) is 7.41. The summed E-state index contributed by atoms with van der Waals surface area (Å²) in [6.45, 7) is 7.12. The van der Waals surface area contributed by atoms with Gasteiger partial charge in [-0.15, -0.1) is 0 Å². The van der Waals surface area contributed by atoms with Crippen LogP contribution >= 0.6 is 0 Å². The summed E-state index contributed by atoms with van der Waals surface area (Å²) in [4.78, 5) is 21.9. The topological polar surface area (TPSA) is 88.6 Å². The zero-order chi connectivity index (χ0) is 25.4. The molecule has 0 unspecified atom stereocenters. The van der Waals surface area contributed by atoms with Gasteiger partial charge in [-0.1, -0.05) is 6.58 Å². The lowest BCUT2D eigenvalue weighted by atomic mass is 10.1. The van der Waals surface area contributed by atoms with Crippen molar-refractivity contribution in [3.05, 3.63) is 66.9 Å². The van der Waals surface area contributed by atoms with E-state index < -0.39 is 17.5 Å². The molecule has 0 atom stereocenters. The Hall–Kier alpha value is -4.05. The highest BCUT2D eigenvalue weighted by molar-refractivity contribution is 5.99. The Balaban J connectivity index is 1.88. The number of hydrogen-bond acceptors (Lipinski definition) is 7. The van der Waals surface area contributed by atoms with Crippen molar-refractivity contribution in [2.24, 2.45) is 0 Å². The third-order valence-corrected chi connectivity index (χ3v) is 5.05. The van der Waals surface area contributed by atoms with E-state index in [0.717, 1.165) is 24.0 Å². The van der Waals surface area contributed by atoms with Crippen LogP contribution in [0.2, 0.25) is 0 Å². The van der Waals surface area contributed by atoms with E-state index in [0.29, 0.717) is 31.2 Å². The van der Waals surface area contributed by atoms with Crippen LogP contribution in [-0.4, -0.2) is 49.8 Å². The molecule has 8 nitrogen and oxygen atoms in total. The average molecular weight is 484 g/mol. The van der Waals surface area contributed by atoms with Crippen LogP contribution in [0.4, 0.5) is 31.8 Å². The number of carbonyl (C=O) groups is 1. The second kappa shape index (κ2) is 11.9. The molecule has 1 amide bonds. The molecule has 0 radical (unpaired) electrons. The second-order valence-corrected chi connectivity index (χ2v) is 7.41. The van der Waals surface area contributed by atoms with E-state index in [-0.39, 0.29) is 22.9 Å². The van der Waals surface area contributed by atoms with Gasteiger partial charge in [0.15, 0.2) is 5.82 Å². The lowest BCUT2D eigenvalue weighted by molar-refractivity contribution is -0.111. The molecular weight excluding hydrogens is 456 g/mol. The van der Waals surface area contributed by atoms with Crippen molar-refractivity contribution >= 4 is 28.9 Å². The Morgan fingerprint density at radius 2 is 2.00 bits per heavy atom. The molecule has 184 valence electrons. The molecule has 0 saturated heterocycles. The summed E-state index contributed by atoms with van der Waals surface area (Å²) in [7, 11) is 3.51. The monoisotopic (exact) mass is 483 g/mol. The van der Waals surface area contributed by atoms with Crippen LogP contribution in [0.1, 0.15) is 6.92 Å². The van der Waals surface area contributed by atoms with E-state index >= 15 is 0 Å². The van der Waals surface area contributed by atoms with E-state index in [9.17, 15) is 13.6 Å². The van der Waals surface area contributed by atoms with E-state index in [2.05, 4.69) is 27.2 Å². The molecular formula is C25H27F2N5O3. The first-order chi connectivity index (χ1) is 16.9. The lowest BCUT2D eigenvalue weighted by Gasteiger charge is -2.22. The highest BCUT2D eigenvalue weighted by Gasteiger charge is 2.15. The van der Waals surface area contributed by atoms with Gasteiger partial charge in [0.05, 0.1) is 31.3 Å². The van der Waals surface area contributed by atoms with Gasteiger partial charge in [-0.3, -0.25) is 4.79 Å².